The van der Waals surface area contributed by atoms with Gasteiger partial charge in [0.2, 0.25) is 0 Å². The molecule has 7 heteroatoms. The third-order valence-electron chi connectivity index (χ3n) is 3.07. The molecule has 21 heavy (non-hydrogen) atoms. The highest BCUT2D eigenvalue weighted by Gasteiger charge is 2.18. The Morgan fingerprint density at radius 2 is 2.14 bits per heavy atom. The quantitative estimate of drug-likeness (QED) is 0.805. The molecule has 0 aliphatic carbocycles. The number of rotatable bonds is 3. The number of fused-ring (bicyclic) bond motifs is 1. The topological polar surface area (TPSA) is 77.2 Å². The first kappa shape index (κ1) is 13.4. The number of benzene rings is 2. The van der Waals surface area contributed by atoms with Gasteiger partial charge in [-0.3, -0.25) is 0 Å². The van der Waals surface area contributed by atoms with Crippen molar-refractivity contribution >= 4 is 28.6 Å². The van der Waals surface area contributed by atoms with E-state index in [-0.39, 0.29) is 5.56 Å². The molecular weight excluding hydrogens is 294 g/mol. The largest absolute Gasteiger partial charge is 0.494 e. The molecule has 0 unspecified atom stereocenters. The van der Waals surface area contributed by atoms with Crippen LogP contribution in [-0.4, -0.2) is 33.2 Å². The van der Waals surface area contributed by atoms with Crippen molar-refractivity contribution in [1.82, 2.24) is 15.0 Å². The van der Waals surface area contributed by atoms with Crippen molar-refractivity contribution in [1.29, 1.82) is 0 Å². The number of ether oxygens (including phenoxy) is 1. The number of methoxy groups -OCH3 is 1. The minimum Gasteiger partial charge on any atom is -0.494 e. The van der Waals surface area contributed by atoms with Gasteiger partial charge in [0.05, 0.1) is 12.7 Å². The minimum atomic E-state index is -1.05. The zero-order valence-electron chi connectivity index (χ0n) is 10.9. The number of hydrogen-bond donors (Lipinski definition) is 1. The second-order valence-electron chi connectivity index (χ2n) is 4.30. The van der Waals surface area contributed by atoms with E-state index in [1.807, 2.05) is 0 Å². The molecule has 0 amide bonds. The van der Waals surface area contributed by atoms with Gasteiger partial charge in [-0.15, -0.1) is 5.10 Å². The lowest BCUT2D eigenvalue weighted by molar-refractivity contribution is 0.0698. The Labute approximate surface area is 124 Å². The third-order valence-corrected chi connectivity index (χ3v) is 3.30. The Bertz CT molecular complexity index is 845. The second kappa shape index (κ2) is 5.06. The van der Waals surface area contributed by atoms with E-state index in [1.165, 1.54) is 17.9 Å². The highest BCUT2D eigenvalue weighted by atomic mass is 35.5. The van der Waals surface area contributed by atoms with Gasteiger partial charge in [0, 0.05) is 5.02 Å². The number of hydrogen-bond acceptors (Lipinski definition) is 4. The monoisotopic (exact) mass is 303 g/mol. The number of carbonyl (C=O) groups is 1. The maximum Gasteiger partial charge on any atom is 0.337 e. The number of aromatic nitrogens is 3. The summed E-state index contributed by atoms with van der Waals surface area (Å²) in [5.74, 6) is -0.531. The van der Waals surface area contributed by atoms with Crippen LogP contribution in [0.1, 0.15) is 10.4 Å². The fourth-order valence-electron chi connectivity index (χ4n) is 2.14. The molecule has 3 aromatic rings. The van der Waals surface area contributed by atoms with Crippen molar-refractivity contribution in [2.45, 2.75) is 0 Å². The van der Waals surface area contributed by atoms with Gasteiger partial charge < -0.3 is 9.84 Å². The zero-order chi connectivity index (χ0) is 15.0. The van der Waals surface area contributed by atoms with Crippen LogP contribution in [0.5, 0.6) is 5.75 Å². The highest BCUT2D eigenvalue weighted by molar-refractivity contribution is 6.30. The number of carboxylic acid groups (broad SMARTS) is 1. The van der Waals surface area contributed by atoms with Crippen LogP contribution in [0.2, 0.25) is 5.02 Å². The first-order chi connectivity index (χ1) is 10.1. The number of carboxylic acids is 1. The summed E-state index contributed by atoms with van der Waals surface area (Å²) in [6.45, 7) is 0. The predicted octanol–water partition coefficient (Wildman–Crippen LogP) is 2.78. The lowest BCUT2D eigenvalue weighted by Gasteiger charge is -2.10. The molecule has 3 rings (SSSR count). The van der Waals surface area contributed by atoms with Gasteiger partial charge in [0.15, 0.2) is 0 Å². The van der Waals surface area contributed by atoms with Gasteiger partial charge in [0.1, 0.15) is 22.5 Å². The van der Waals surface area contributed by atoms with Crippen LogP contribution in [-0.2, 0) is 0 Å². The Morgan fingerprint density at radius 3 is 2.86 bits per heavy atom. The van der Waals surface area contributed by atoms with Crippen LogP contribution in [0.3, 0.4) is 0 Å². The van der Waals surface area contributed by atoms with Gasteiger partial charge in [-0.1, -0.05) is 22.9 Å². The maximum atomic E-state index is 11.4. The van der Waals surface area contributed by atoms with Crippen LogP contribution in [0.15, 0.2) is 36.4 Å². The molecular formula is C14H10ClN3O3. The van der Waals surface area contributed by atoms with E-state index in [9.17, 15) is 9.90 Å². The Balaban J connectivity index is 2.36. The molecule has 0 bridgehead atoms. The summed E-state index contributed by atoms with van der Waals surface area (Å²) >= 11 is 6.01. The molecule has 106 valence electrons. The lowest BCUT2D eigenvalue weighted by atomic mass is 10.1. The summed E-state index contributed by atoms with van der Waals surface area (Å²) in [6, 6.07) is 9.84. The van der Waals surface area contributed by atoms with Crippen molar-refractivity contribution in [2.24, 2.45) is 0 Å². The van der Waals surface area contributed by atoms with Crippen molar-refractivity contribution in [3.8, 4) is 11.4 Å². The van der Waals surface area contributed by atoms with E-state index in [2.05, 4.69) is 10.3 Å². The SMILES string of the molecule is COc1ccc(Cl)cc1-n1nnc2cccc(C(=O)O)c21. The zero-order valence-corrected chi connectivity index (χ0v) is 11.7. The maximum absolute atomic E-state index is 11.4. The van der Waals surface area contributed by atoms with E-state index >= 15 is 0 Å². The van der Waals surface area contributed by atoms with Crippen molar-refractivity contribution in [3.05, 3.63) is 47.0 Å². The average molecular weight is 304 g/mol. The molecule has 6 nitrogen and oxygen atoms in total. The number of aromatic carboxylic acids is 1. The van der Waals surface area contributed by atoms with Gasteiger partial charge >= 0.3 is 5.97 Å². The van der Waals surface area contributed by atoms with Crippen LogP contribution in [0.25, 0.3) is 16.7 Å². The standard InChI is InChI=1S/C14H10ClN3O3/c1-21-12-6-5-8(15)7-11(12)18-13-9(14(19)20)3-2-4-10(13)16-17-18/h2-7H,1H3,(H,19,20). The molecule has 0 radical (unpaired) electrons. The number of para-hydroxylation sites is 1. The summed E-state index contributed by atoms with van der Waals surface area (Å²) in [6.07, 6.45) is 0. The van der Waals surface area contributed by atoms with Crippen LogP contribution in [0, 0.1) is 0 Å². The van der Waals surface area contributed by atoms with Gasteiger partial charge in [-0.2, -0.15) is 0 Å². The molecule has 0 aliphatic heterocycles. The van der Waals surface area contributed by atoms with Crippen LogP contribution < -0.4 is 4.74 Å². The number of halogens is 1. The van der Waals surface area contributed by atoms with E-state index in [0.717, 1.165) is 0 Å². The van der Waals surface area contributed by atoms with Crippen molar-refractivity contribution < 1.29 is 14.6 Å². The van der Waals surface area contributed by atoms with E-state index < -0.39 is 5.97 Å². The second-order valence-corrected chi connectivity index (χ2v) is 4.73. The predicted molar refractivity (Wildman–Crippen MR) is 77.4 cm³/mol. The molecule has 2 aromatic carbocycles. The molecule has 0 fully saturated rings. The molecule has 0 spiro atoms. The molecule has 0 saturated heterocycles. The average Bonchev–Trinajstić information content (AvgIpc) is 2.90. The molecule has 1 heterocycles. The van der Waals surface area contributed by atoms with Crippen molar-refractivity contribution in [3.63, 3.8) is 0 Å². The molecule has 1 aromatic heterocycles. The fourth-order valence-corrected chi connectivity index (χ4v) is 2.31. The normalized spacial score (nSPS) is 10.8. The summed E-state index contributed by atoms with van der Waals surface area (Å²) in [5.41, 5.74) is 1.52. The van der Waals surface area contributed by atoms with Gasteiger partial charge in [0.25, 0.3) is 0 Å². The van der Waals surface area contributed by atoms with Crippen LogP contribution in [0.4, 0.5) is 0 Å². The van der Waals surface area contributed by atoms with E-state index in [0.29, 0.717) is 27.5 Å². The lowest BCUT2D eigenvalue weighted by Crippen LogP contribution is -2.05. The van der Waals surface area contributed by atoms with Gasteiger partial charge in [-0.25, -0.2) is 9.48 Å². The van der Waals surface area contributed by atoms with Crippen LogP contribution >= 0.6 is 11.6 Å². The van der Waals surface area contributed by atoms with E-state index in [4.69, 9.17) is 16.3 Å². The highest BCUT2D eigenvalue weighted by Crippen LogP contribution is 2.29. The summed E-state index contributed by atoms with van der Waals surface area (Å²) in [4.78, 5) is 11.4. The number of nitrogens with zero attached hydrogens (tertiary/aromatic N) is 3. The molecule has 0 aliphatic rings. The summed E-state index contributed by atoms with van der Waals surface area (Å²) in [5, 5.41) is 17.8. The minimum absolute atomic E-state index is 0.111. The Morgan fingerprint density at radius 1 is 1.33 bits per heavy atom. The Kier molecular flexibility index (Phi) is 3.23. The van der Waals surface area contributed by atoms with Crippen molar-refractivity contribution in [2.75, 3.05) is 7.11 Å². The Hall–Kier alpha value is -2.60. The molecule has 0 atom stereocenters. The summed E-state index contributed by atoms with van der Waals surface area (Å²) < 4.78 is 6.70. The third kappa shape index (κ3) is 2.19. The molecule has 1 N–H and O–H groups in total. The molecule has 0 saturated carbocycles. The summed E-state index contributed by atoms with van der Waals surface area (Å²) in [7, 11) is 1.52. The first-order valence-corrected chi connectivity index (χ1v) is 6.41. The smallest absolute Gasteiger partial charge is 0.337 e. The first-order valence-electron chi connectivity index (χ1n) is 6.03. The van der Waals surface area contributed by atoms with Gasteiger partial charge in [-0.05, 0) is 30.3 Å². The van der Waals surface area contributed by atoms with E-state index in [1.54, 1.807) is 30.3 Å². The fraction of sp³-hybridized carbons (Fsp3) is 0.0714.